The summed E-state index contributed by atoms with van der Waals surface area (Å²) in [5.74, 6) is 0.365. The molecule has 0 atom stereocenters. The van der Waals surface area contributed by atoms with Crippen molar-refractivity contribution < 1.29 is 13.5 Å². The number of aromatic nitrogens is 1. The average molecular weight is 429 g/mol. The average Bonchev–Trinajstić information content (AvgIpc) is 2.57. The van der Waals surface area contributed by atoms with E-state index in [-0.39, 0.29) is 17.9 Å². The van der Waals surface area contributed by atoms with Crippen molar-refractivity contribution in [1.29, 1.82) is 0 Å². The van der Waals surface area contributed by atoms with Crippen LogP contribution in [-0.2, 0) is 12.4 Å². The molecule has 0 aliphatic carbocycles. The standard InChI is InChI=1S/C18H13BrClF2NO2/c19-16-8-12(9-20)7-15-14(16)4-5-23(17(15)24)10-11-2-1-3-13(6-11)25-18(21)22/h1-8,18H,9-10H2. The monoisotopic (exact) mass is 427 g/mol. The Labute approximate surface area is 155 Å². The Kier molecular flexibility index (Phi) is 5.39. The van der Waals surface area contributed by atoms with Gasteiger partial charge < -0.3 is 9.30 Å². The zero-order chi connectivity index (χ0) is 18.0. The van der Waals surface area contributed by atoms with Gasteiger partial charge in [-0.25, -0.2) is 0 Å². The fourth-order valence-electron chi connectivity index (χ4n) is 2.63. The van der Waals surface area contributed by atoms with E-state index in [4.69, 9.17) is 11.6 Å². The van der Waals surface area contributed by atoms with Crippen LogP contribution in [0.25, 0.3) is 10.8 Å². The topological polar surface area (TPSA) is 31.2 Å². The Morgan fingerprint density at radius 2 is 1.92 bits per heavy atom. The van der Waals surface area contributed by atoms with E-state index in [1.54, 1.807) is 24.4 Å². The molecule has 0 spiro atoms. The van der Waals surface area contributed by atoms with Gasteiger partial charge in [-0.2, -0.15) is 8.78 Å². The highest BCUT2D eigenvalue weighted by molar-refractivity contribution is 9.10. The van der Waals surface area contributed by atoms with Gasteiger partial charge in [0.2, 0.25) is 0 Å². The van der Waals surface area contributed by atoms with Crippen LogP contribution >= 0.6 is 27.5 Å². The van der Waals surface area contributed by atoms with E-state index in [0.29, 0.717) is 16.8 Å². The quantitative estimate of drug-likeness (QED) is 0.526. The molecule has 2 aromatic carbocycles. The van der Waals surface area contributed by atoms with Gasteiger partial charge in [0.05, 0.1) is 6.54 Å². The molecule has 3 rings (SSSR count). The molecule has 0 unspecified atom stereocenters. The lowest BCUT2D eigenvalue weighted by atomic mass is 10.1. The molecule has 1 heterocycles. The largest absolute Gasteiger partial charge is 0.435 e. The second-order valence-electron chi connectivity index (χ2n) is 5.45. The molecule has 0 bridgehead atoms. The lowest BCUT2D eigenvalue weighted by molar-refractivity contribution is -0.0498. The van der Waals surface area contributed by atoms with Crippen molar-refractivity contribution in [3.8, 4) is 5.75 Å². The number of ether oxygens (including phenoxy) is 1. The highest BCUT2D eigenvalue weighted by Crippen LogP contribution is 2.25. The van der Waals surface area contributed by atoms with E-state index < -0.39 is 6.61 Å². The fourth-order valence-corrected chi connectivity index (χ4v) is 3.42. The van der Waals surface area contributed by atoms with Crippen molar-refractivity contribution in [3.05, 3.63) is 74.6 Å². The second-order valence-corrected chi connectivity index (χ2v) is 6.57. The summed E-state index contributed by atoms with van der Waals surface area (Å²) in [6.07, 6.45) is 1.68. The van der Waals surface area contributed by atoms with E-state index in [0.717, 1.165) is 15.4 Å². The summed E-state index contributed by atoms with van der Waals surface area (Å²) in [5.41, 5.74) is 1.35. The predicted molar refractivity (Wildman–Crippen MR) is 97.6 cm³/mol. The number of nitrogens with zero attached hydrogens (tertiary/aromatic N) is 1. The van der Waals surface area contributed by atoms with Crippen molar-refractivity contribution in [2.75, 3.05) is 0 Å². The Hall–Kier alpha value is -1.92. The number of rotatable bonds is 5. The molecule has 0 radical (unpaired) electrons. The summed E-state index contributed by atoms with van der Waals surface area (Å²) in [5, 5.41) is 1.34. The smallest absolute Gasteiger partial charge is 0.387 e. The second kappa shape index (κ2) is 7.54. The number of halogens is 4. The number of hydrogen-bond acceptors (Lipinski definition) is 2. The van der Waals surface area contributed by atoms with Crippen LogP contribution in [0.3, 0.4) is 0 Å². The van der Waals surface area contributed by atoms with Crippen molar-refractivity contribution >= 4 is 38.3 Å². The molecule has 0 aliphatic rings. The summed E-state index contributed by atoms with van der Waals surface area (Å²) in [4.78, 5) is 12.8. The highest BCUT2D eigenvalue weighted by Gasteiger charge is 2.09. The lowest BCUT2D eigenvalue weighted by Gasteiger charge is -2.11. The molecule has 0 amide bonds. The third-order valence-corrected chi connectivity index (χ3v) is 4.70. The molecule has 0 saturated heterocycles. The molecule has 3 aromatic rings. The minimum absolute atomic E-state index is 0.0634. The number of hydrogen-bond donors (Lipinski definition) is 0. The van der Waals surface area contributed by atoms with Gasteiger partial charge in [-0.3, -0.25) is 4.79 Å². The zero-order valence-electron chi connectivity index (χ0n) is 12.9. The van der Waals surface area contributed by atoms with Crippen LogP contribution in [0.15, 0.2) is 57.9 Å². The van der Waals surface area contributed by atoms with E-state index in [9.17, 15) is 13.6 Å². The fraction of sp³-hybridized carbons (Fsp3) is 0.167. The van der Waals surface area contributed by atoms with E-state index in [1.165, 1.54) is 16.7 Å². The zero-order valence-corrected chi connectivity index (χ0v) is 15.2. The van der Waals surface area contributed by atoms with E-state index >= 15 is 0 Å². The molecule has 25 heavy (non-hydrogen) atoms. The van der Waals surface area contributed by atoms with Crippen LogP contribution in [-0.4, -0.2) is 11.2 Å². The Balaban J connectivity index is 2.00. The maximum atomic E-state index is 12.8. The number of benzene rings is 2. The van der Waals surface area contributed by atoms with Crippen LogP contribution in [0.2, 0.25) is 0 Å². The Bertz CT molecular complexity index is 975. The molecule has 130 valence electrons. The molecular weight excluding hydrogens is 416 g/mol. The van der Waals surface area contributed by atoms with Gasteiger partial charge in [0.25, 0.3) is 5.56 Å². The first-order valence-corrected chi connectivity index (χ1v) is 8.72. The molecule has 0 saturated carbocycles. The molecule has 0 aliphatic heterocycles. The van der Waals surface area contributed by atoms with Crippen LogP contribution in [0.5, 0.6) is 5.75 Å². The van der Waals surface area contributed by atoms with Crippen molar-refractivity contribution in [1.82, 2.24) is 4.57 Å². The molecule has 0 fully saturated rings. The predicted octanol–water partition coefficient (Wildman–Crippen LogP) is 5.15. The molecule has 1 aromatic heterocycles. The molecular formula is C18H13BrClF2NO2. The Morgan fingerprint density at radius 1 is 1.12 bits per heavy atom. The minimum atomic E-state index is -2.88. The van der Waals surface area contributed by atoms with Crippen LogP contribution in [0.4, 0.5) is 8.78 Å². The third kappa shape index (κ3) is 4.02. The first kappa shape index (κ1) is 17.9. The third-order valence-electron chi connectivity index (χ3n) is 3.73. The van der Waals surface area contributed by atoms with Gasteiger partial charge in [-0.1, -0.05) is 28.1 Å². The first-order valence-electron chi connectivity index (χ1n) is 7.39. The normalized spacial score (nSPS) is 11.2. The van der Waals surface area contributed by atoms with Crippen molar-refractivity contribution in [2.24, 2.45) is 0 Å². The van der Waals surface area contributed by atoms with E-state index in [2.05, 4.69) is 20.7 Å². The summed E-state index contributed by atoms with van der Waals surface area (Å²) < 4.78 is 31.4. The number of alkyl halides is 3. The molecule has 7 heteroatoms. The maximum absolute atomic E-state index is 12.8. The van der Waals surface area contributed by atoms with Gasteiger partial charge in [-0.15, -0.1) is 11.6 Å². The molecule has 3 nitrogen and oxygen atoms in total. The highest BCUT2D eigenvalue weighted by atomic mass is 79.9. The minimum Gasteiger partial charge on any atom is -0.435 e. The van der Waals surface area contributed by atoms with Crippen molar-refractivity contribution in [2.45, 2.75) is 19.0 Å². The van der Waals surface area contributed by atoms with Crippen LogP contribution in [0, 0.1) is 0 Å². The Morgan fingerprint density at radius 3 is 2.64 bits per heavy atom. The summed E-state index contributed by atoms with van der Waals surface area (Å²) in [7, 11) is 0. The molecule has 0 N–H and O–H groups in total. The summed E-state index contributed by atoms with van der Waals surface area (Å²) in [6.45, 7) is -2.64. The number of pyridine rings is 1. The van der Waals surface area contributed by atoms with Gasteiger partial charge >= 0.3 is 6.61 Å². The number of fused-ring (bicyclic) bond motifs is 1. The first-order chi connectivity index (χ1) is 12.0. The van der Waals surface area contributed by atoms with Gasteiger partial charge in [0, 0.05) is 27.3 Å². The van der Waals surface area contributed by atoms with Gasteiger partial charge in [0.15, 0.2) is 0 Å². The lowest BCUT2D eigenvalue weighted by Crippen LogP contribution is -2.20. The van der Waals surface area contributed by atoms with E-state index in [1.807, 2.05) is 12.1 Å². The SMILES string of the molecule is O=c1c2cc(CCl)cc(Br)c2ccn1Cc1cccc(OC(F)F)c1. The summed E-state index contributed by atoms with van der Waals surface area (Å²) in [6, 6.07) is 11.8. The maximum Gasteiger partial charge on any atom is 0.387 e. The van der Waals surface area contributed by atoms with Gasteiger partial charge in [-0.05, 0) is 41.5 Å². The van der Waals surface area contributed by atoms with Gasteiger partial charge in [0.1, 0.15) is 5.75 Å². The summed E-state index contributed by atoms with van der Waals surface area (Å²) >= 11 is 9.33. The van der Waals surface area contributed by atoms with Crippen molar-refractivity contribution in [3.63, 3.8) is 0 Å². The van der Waals surface area contributed by atoms with Crippen LogP contribution < -0.4 is 10.3 Å². The van der Waals surface area contributed by atoms with Crippen LogP contribution in [0.1, 0.15) is 11.1 Å².